The Bertz CT molecular complexity index is 364. The van der Waals surface area contributed by atoms with Gasteiger partial charge in [0.2, 0.25) is 5.95 Å². The van der Waals surface area contributed by atoms with Crippen LogP contribution in [0.4, 0.5) is 11.8 Å². The average molecular weight is 250 g/mol. The molecular weight excluding hydrogens is 228 g/mol. The van der Waals surface area contributed by atoms with Crippen molar-refractivity contribution in [3.63, 3.8) is 0 Å². The van der Waals surface area contributed by atoms with Crippen molar-refractivity contribution in [3.8, 4) is 0 Å². The van der Waals surface area contributed by atoms with Crippen molar-refractivity contribution in [1.82, 2.24) is 9.97 Å². The highest BCUT2D eigenvalue weighted by Gasteiger charge is 2.14. The number of nitrogens with one attached hydrogen (secondary N) is 1. The zero-order chi connectivity index (χ0) is 12.8. The molecule has 100 valence electrons. The number of rotatable bonds is 6. The Morgan fingerprint density at radius 2 is 2.17 bits per heavy atom. The largest absolute Gasteiger partial charge is 0.376 e. The quantitative estimate of drug-likeness (QED) is 0.782. The molecule has 1 heterocycles. The maximum Gasteiger partial charge on any atom is 0.226 e. The van der Waals surface area contributed by atoms with E-state index in [4.69, 9.17) is 4.74 Å². The van der Waals surface area contributed by atoms with Crippen molar-refractivity contribution in [2.24, 2.45) is 0 Å². The molecule has 0 amide bonds. The third-order valence-corrected chi connectivity index (χ3v) is 3.11. The fourth-order valence-corrected chi connectivity index (χ4v) is 2.12. The van der Waals surface area contributed by atoms with Crippen LogP contribution in [0.3, 0.4) is 0 Å². The molecule has 18 heavy (non-hydrogen) atoms. The molecule has 0 aliphatic heterocycles. The van der Waals surface area contributed by atoms with Crippen LogP contribution in [0, 0.1) is 0 Å². The fourth-order valence-electron chi connectivity index (χ4n) is 2.12. The van der Waals surface area contributed by atoms with E-state index >= 15 is 0 Å². The highest BCUT2D eigenvalue weighted by atomic mass is 16.5. The summed E-state index contributed by atoms with van der Waals surface area (Å²) in [5, 5.41) is 3.26. The first-order chi connectivity index (χ1) is 8.75. The third-order valence-electron chi connectivity index (χ3n) is 3.11. The van der Waals surface area contributed by atoms with E-state index in [0.29, 0.717) is 6.10 Å². The number of anilines is 2. The Kier molecular flexibility index (Phi) is 4.75. The zero-order valence-electron chi connectivity index (χ0n) is 11.2. The van der Waals surface area contributed by atoms with Crippen LogP contribution in [-0.2, 0) is 4.74 Å². The minimum Gasteiger partial charge on any atom is -0.376 e. The lowest BCUT2D eigenvalue weighted by atomic mass is 10.3. The molecule has 1 aromatic heterocycles. The van der Waals surface area contributed by atoms with Gasteiger partial charge in [0, 0.05) is 26.8 Å². The van der Waals surface area contributed by atoms with E-state index in [2.05, 4.69) is 15.3 Å². The van der Waals surface area contributed by atoms with E-state index < -0.39 is 0 Å². The zero-order valence-corrected chi connectivity index (χ0v) is 11.2. The van der Waals surface area contributed by atoms with Crippen molar-refractivity contribution in [2.75, 3.05) is 37.5 Å². The lowest BCUT2D eigenvalue weighted by Crippen LogP contribution is -2.17. The van der Waals surface area contributed by atoms with Gasteiger partial charge in [-0.15, -0.1) is 0 Å². The van der Waals surface area contributed by atoms with Gasteiger partial charge in [-0.25, -0.2) is 4.98 Å². The molecule has 0 atom stereocenters. The monoisotopic (exact) mass is 250 g/mol. The molecule has 5 heteroatoms. The van der Waals surface area contributed by atoms with Crippen molar-refractivity contribution >= 4 is 11.8 Å². The molecule has 1 aliphatic rings. The van der Waals surface area contributed by atoms with Crippen LogP contribution in [0.2, 0.25) is 0 Å². The second-order valence-electron chi connectivity index (χ2n) is 4.84. The molecule has 2 rings (SSSR count). The predicted molar refractivity (Wildman–Crippen MR) is 73.1 cm³/mol. The maximum absolute atomic E-state index is 5.79. The van der Waals surface area contributed by atoms with Gasteiger partial charge in [-0.2, -0.15) is 4.98 Å². The van der Waals surface area contributed by atoms with Crippen LogP contribution in [0.5, 0.6) is 0 Å². The number of aromatic nitrogens is 2. The minimum atomic E-state index is 0.481. The Hall–Kier alpha value is -1.36. The third kappa shape index (κ3) is 3.84. The smallest absolute Gasteiger partial charge is 0.226 e. The summed E-state index contributed by atoms with van der Waals surface area (Å²) in [5.74, 6) is 1.57. The van der Waals surface area contributed by atoms with Gasteiger partial charge in [0.15, 0.2) is 0 Å². The Morgan fingerprint density at radius 3 is 2.89 bits per heavy atom. The van der Waals surface area contributed by atoms with Gasteiger partial charge >= 0.3 is 0 Å². The molecule has 0 bridgehead atoms. The van der Waals surface area contributed by atoms with Crippen molar-refractivity contribution in [3.05, 3.63) is 12.3 Å². The SMILES string of the molecule is CN(C)c1nccc(NCCOC2CCCC2)n1. The van der Waals surface area contributed by atoms with Crippen molar-refractivity contribution < 1.29 is 4.74 Å². The average Bonchev–Trinajstić information content (AvgIpc) is 2.88. The number of hydrogen-bond donors (Lipinski definition) is 1. The standard InChI is InChI=1S/C13H22N4O/c1-17(2)13-15-8-7-12(16-13)14-9-10-18-11-5-3-4-6-11/h7-8,11H,3-6,9-10H2,1-2H3,(H,14,15,16). The van der Waals surface area contributed by atoms with Gasteiger partial charge < -0.3 is 15.0 Å². The van der Waals surface area contributed by atoms with Gasteiger partial charge in [-0.1, -0.05) is 12.8 Å². The minimum absolute atomic E-state index is 0.481. The molecular formula is C13H22N4O. The maximum atomic E-state index is 5.79. The molecule has 1 aliphatic carbocycles. The first-order valence-electron chi connectivity index (χ1n) is 6.61. The molecule has 1 fully saturated rings. The Labute approximate surface area is 109 Å². The van der Waals surface area contributed by atoms with Crippen LogP contribution in [0.25, 0.3) is 0 Å². The van der Waals surface area contributed by atoms with Crippen LogP contribution in [-0.4, -0.2) is 43.3 Å². The van der Waals surface area contributed by atoms with E-state index in [1.54, 1.807) is 6.20 Å². The molecule has 0 saturated heterocycles. The summed E-state index contributed by atoms with van der Waals surface area (Å²) in [6.45, 7) is 1.53. The van der Waals surface area contributed by atoms with E-state index in [-0.39, 0.29) is 0 Å². The van der Waals surface area contributed by atoms with E-state index in [1.165, 1.54) is 25.7 Å². The number of ether oxygens (including phenoxy) is 1. The molecule has 1 saturated carbocycles. The second-order valence-corrected chi connectivity index (χ2v) is 4.84. The molecule has 0 aromatic carbocycles. The van der Waals surface area contributed by atoms with Crippen LogP contribution >= 0.6 is 0 Å². The van der Waals surface area contributed by atoms with Gasteiger partial charge in [0.1, 0.15) is 5.82 Å². The number of nitrogens with zero attached hydrogens (tertiary/aromatic N) is 3. The fraction of sp³-hybridized carbons (Fsp3) is 0.692. The molecule has 0 radical (unpaired) electrons. The summed E-state index contributed by atoms with van der Waals surface area (Å²) in [6, 6.07) is 1.88. The molecule has 1 N–H and O–H groups in total. The van der Waals surface area contributed by atoms with E-state index in [9.17, 15) is 0 Å². The molecule has 5 nitrogen and oxygen atoms in total. The van der Waals surface area contributed by atoms with E-state index in [0.717, 1.165) is 24.9 Å². The topological polar surface area (TPSA) is 50.3 Å². The summed E-state index contributed by atoms with van der Waals surface area (Å²) < 4.78 is 5.79. The van der Waals surface area contributed by atoms with Crippen LogP contribution in [0.15, 0.2) is 12.3 Å². The van der Waals surface area contributed by atoms with Gasteiger partial charge in [-0.3, -0.25) is 0 Å². The summed E-state index contributed by atoms with van der Waals surface area (Å²) in [7, 11) is 3.87. The lowest BCUT2D eigenvalue weighted by molar-refractivity contribution is 0.0658. The normalized spacial score (nSPS) is 15.9. The number of hydrogen-bond acceptors (Lipinski definition) is 5. The first kappa shape index (κ1) is 13.1. The lowest BCUT2D eigenvalue weighted by Gasteiger charge is -2.13. The molecule has 0 unspecified atom stereocenters. The predicted octanol–water partition coefficient (Wildman–Crippen LogP) is 1.91. The van der Waals surface area contributed by atoms with Crippen LogP contribution in [0.1, 0.15) is 25.7 Å². The van der Waals surface area contributed by atoms with Gasteiger partial charge in [0.05, 0.1) is 12.7 Å². The highest BCUT2D eigenvalue weighted by Crippen LogP contribution is 2.20. The Balaban J connectivity index is 1.70. The summed E-state index contributed by atoms with van der Waals surface area (Å²) >= 11 is 0. The first-order valence-corrected chi connectivity index (χ1v) is 6.61. The second kappa shape index (κ2) is 6.54. The van der Waals surface area contributed by atoms with Crippen molar-refractivity contribution in [1.29, 1.82) is 0 Å². The summed E-state index contributed by atoms with van der Waals surface area (Å²) in [5.41, 5.74) is 0. The van der Waals surface area contributed by atoms with E-state index in [1.807, 2.05) is 25.1 Å². The summed E-state index contributed by atoms with van der Waals surface area (Å²) in [4.78, 5) is 10.5. The molecule has 0 spiro atoms. The summed E-state index contributed by atoms with van der Waals surface area (Å²) in [6.07, 6.45) is 7.32. The Morgan fingerprint density at radius 1 is 1.39 bits per heavy atom. The van der Waals surface area contributed by atoms with Gasteiger partial charge in [-0.05, 0) is 18.9 Å². The highest BCUT2D eigenvalue weighted by molar-refractivity contribution is 5.40. The van der Waals surface area contributed by atoms with Crippen LogP contribution < -0.4 is 10.2 Å². The van der Waals surface area contributed by atoms with Crippen molar-refractivity contribution in [2.45, 2.75) is 31.8 Å². The molecule has 1 aromatic rings. The van der Waals surface area contributed by atoms with Gasteiger partial charge in [0.25, 0.3) is 0 Å².